The lowest BCUT2D eigenvalue weighted by Gasteiger charge is -2.18. The first-order chi connectivity index (χ1) is 12.3. The number of carbonyl (C=O) groups excluding carboxylic acids is 2. The first-order valence-electron chi connectivity index (χ1n) is 8.92. The van der Waals surface area contributed by atoms with Crippen molar-refractivity contribution in [2.24, 2.45) is 0 Å². The summed E-state index contributed by atoms with van der Waals surface area (Å²) in [5.74, 6) is -0.545. The zero-order chi connectivity index (χ0) is 19.3. The van der Waals surface area contributed by atoms with Gasteiger partial charge in [-0.05, 0) is 46.5 Å². The molecule has 2 amide bonds. The SMILES string of the molecule is CCCCNC(=O)CCS(=O)(=O)c1cc2c(cc1Br)CCN2C(=O)CC. The van der Waals surface area contributed by atoms with Crippen molar-refractivity contribution in [1.82, 2.24) is 5.32 Å². The highest BCUT2D eigenvalue weighted by Crippen LogP contribution is 2.36. The first kappa shape index (κ1) is 20.9. The van der Waals surface area contributed by atoms with Crippen LogP contribution in [0.3, 0.4) is 0 Å². The number of halogens is 1. The van der Waals surface area contributed by atoms with E-state index in [4.69, 9.17) is 0 Å². The van der Waals surface area contributed by atoms with E-state index in [-0.39, 0.29) is 28.9 Å². The quantitative estimate of drug-likeness (QED) is 0.624. The van der Waals surface area contributed by atoms with Crippen molar-refractivity contribution < 1.29 is 18.0 Å². The summed E-state index contributed by atoms with van der Waals surface area (Å²) in [5, 5.41) is 2.73. The van der Waals surface area contributed by atoms with E-state index in [1.165, 1.54) is 0 Å². The Bertz CT molecular complexity index is 793. The maximum Gasteiger partial charge on any atom is 0.226 e. The molecule has 0 radical (unpaired) electrons. The Morgan fingerprint density at radius 3 is 2.65 bits per heavy atom. The third kappa shape index (κ3) is 4.85. The molecule has 0 spiro atoms. The summed E-state index contributed by atoms with van der Waals surface area (Å²) >= 11 is 3.33. The Balaban J connectivity index is 2.17. The number of hydrogen-bond acceptors (Lipinski definition) is 4. The van der Waals surface area contributed by atoms with Crippen LogP contribution in [0.25, 0.3) is 0 Å². The number of hydrogen-bond donors (Lipinski definition) is 1. The Morgan fingerprint density at radius 1 is 1.27 bits per heavy atom. The van der Waals surface area contributed by atoms with Gasteiger partial charge < -0.3 is 10.2 Å². The van der Waals surface area contributed by atoms with Gasteiger partial charge in [-0.15, -0.1) is 0 Å². The molecular formula is C18H25BrN2O4S. The molecule has 0 bridgehead atoms. The molecule has 1 aromatic rings. The molecule has 1 N–H and O–H groups in total. The zero-order valence-corrected chi connectivity index (χ0v) is 17.6. The molecular weight excluding hydrogens is 420 g/mol. The topological polar surface area (TPSA) is 83.6 Å². The molecule has 1 heterocycles. The number of fused-ring (bicyclic) bond motifs is 1. The minimum absolute atomic E-state index is 0.0234. The van der Waals surface area contributed by atoms with Gasteiger partial charge in [0.2, 0.25) is 11.8 Å². The first-order valence-corrected chi connectivity index (χ1v) is 11.4. The highest BCUT2D eigenvalue weighted by Gasteiger charge is 2.28. The average Bonchev–Trinajstić information content (AvgIpc) is 3.01. The fraction of sp³-hybridized carbons (Fsp3) is 0.556. The van der Waals surface area contributed by atoms with Crippen LogP contribution in [0.15, 0.2) is 21.5 Å². The molecule has 0 atom stereocenters. The Labute approximate surface area is 163 Å². The number of rotatable bonds is 8. The van der Waals surface area contributed by atoms with Crippen LogP contribution in [0.2, 0.25) is 0 Å². The summed E-state index contributed by atoms with van der Waals surface area (Å²) in [7, 11) is -3.64. The largest absolute Gasteiger partial charge is 0.356 e. The van der Waals surface area contributed by atoms with Crippen molar-refractivity contribution in [2.75, 3.05) is 23.7 Å². The van der Waals surface area contributed by atoms with Crippen molar-refractivity contribution in [3.63, 3.8) is 0 Å². The fourth-order valence-electron chi connectivity index (χ4n) is 2.91. The highest BCUT2D eigenvalue weighted by atomic mass is 79.9. The van der Waals surface area contributed by atoms with Gasteiger partial charge in [0.05, 0.1) is 10.6 Å². The summed E-state index contributed by atoms with van der Waals surface area (Å²) in [6.07, 6.45) is 2.84. The van der Waals surface area contributed by atoms with E-state index in [2.05, 4.69) is 21.2 Å². The van der Waals surface area contributed by atoms with E-state index in [1.54, 1.807) is 24.0 Å². The molecule has 1 aliphatic heterocycles. The highest BCUT2D eigenvalue weighted by molar-refractivity contribution is 9.10. The van der Waals surface area contributed by atoms with Crippen LogP contribution in [-0.2, 0) is 25.8 Å². The number of nitrogens with zero attached hydrogens (tertiary/aromatic N) is 1. The summed E-state index contributed by atoms with van der Waals surface area (Å²) in [4.78, 5) is 25.7. The van der Waals surface area contributed by atoms with E-state index < -0.39 is 9.84 Å². The molecule has 1 aliphatic rings. The predicted molar refractivity (Wildman–Crippen MR) is 105 cm³/mol. The molecule has 0 aliphatic carbocycles. The van der Waals surface area contributed by atoms with Gasteiger partial charge in [0.1, 0.15) is 0 Å². The van der Waals surface area contributed by atoms with Crippen LogP contribution in [0.5, 0.6) is 0 Å². The maximum absolute atomic E-state index is 12.7. The molecule has 6 nitrogen and oxygen atoms in total. The standard InChI is InChI=1S/C18H25BrN2O4S/c1-3-5-8-20-17(22)7-10-26(24,25)16-12-15-13(11-14(16)19)6-9-21(15)18(23)4-2/h11-12H,3-10H2,1-2H3,(H,20,22). The molecule has 2 rings (SSSR count). The van der Waals surface area contributed by atoms with Crippen molar-refractivity contribution in [1.29, 1.82) is 0 Å². The van der Waals surface area contributed by atoms with E-state index in [0.717, 1.165) is 18.4 Å². The van der Waals surface area contributed by atoms with E-state index in [0.29, 0.717) is 36.1 Å². The van der Waals surface area contributed by atoms with Gasteiger partial charge in [-0.25, -0.2) is 8.42 Å². The fourth-order valence-corrected chi connectivity index (χ4v) is 5.36. The summed E-state index contributed by atoms with van der Waals surface area (Å²) < 4.78 is 25.9. The van der Waals surface area contributed by atoms with Crippen LogP contribution >= 0.6 is 15.9 Å². The summed E-state index contributed by atoms with van der Waals surface area (Å²) in [6, 6.07) is 3.33. The number of unbranched alkanes of at least 4 members (excludes halogenated alkanes) is 1. The second kappa shape index (κ2) is 8.99. The number of amides is 2. The third-order valence-corrected chi connectivity index (χ3v) is 7.09. The second-order valence-electron chi connectivity index (χ2n) is 6.33. The number of carbonyl (C=O) groups is 2. The molecule has 144 valence electrons. The molecule has 0 saturated carbocycles. The minimum atomic E-state index is -3.64. The average molecular weight is 445 g/mol. The summed E-state index contributed by atoms with van der Waals surface area (Å²) in [5.41, 5.74) is 1.61. The Kier molecular flexibility index (Phi) is 7.23. The molecule has 0 aromatic heterocycles. The minimum Gasteiger partial charge on any atom is -0.356 e. The Hall–Kier alpha value is -1.41. The van der Waals surface area contributed by atoms with Crippen LogP contribution in [0, 0.1) is 0 Å². The van der Waals surface area contributed by atoms with Crippen molar-refractivity contribution in [3.8, 4) is 0 Å². The van der Waals surface area contributed by atoms with E-state index in [9.17, 15) is 18.0 Å². The molecule has 0 unspecified atom stereocenters. The molecule has 26 heavy (non-hydrogen) atoms. The molecule has 1 aromatic carbocycles. The molecule has 8 heteroatoms. The number of nitrogens with one attached hydrogen (secondary N) is 1. The monoisotopic (exact) mass is 444 g/mol. The van der Waals surface area contributed by atoms with Crippen LogP contribution in [0.1, 0.15) is 45.1 Å². The second-order valence-corrected chi connectivity index (χ2v) is 9.26. The van der Waals surface area contributed by atoms with Gasteiger partial charge in [-0.2, -0.15) is 0 Å². The van der Waals surface area contributed by atoms with E-state index in [1.807, 2.05) is 6.92 Å². The maximum atomic E-state index is 12.7. The lowest BCUT2D eigenvalue weighted by molar-refractivity contribution is -0.120. The number of benzene rings is 1. The number of sulfone groups is 1. The number of anilines is 1. The van der Waals surface area contributed by atoms with Gasteiger partial charge in [-0.1, -0.05) is 20.3 Å². The van der Waals surface area contributed by atoms with Crippen LogP contribution in [0.4, 0.5) is 5.69 Å². The van der Waals surface area contributed by atoms with Crippen molar-refractivity contribution >= 4 is 43.3 Å². The van der Waals surface area contributed by atoms with Crippen LogP contribution < -0.4 is 10.2 Å². The lowest BCUT2D eigenvalue weighted by atomic mass is 10.2. The molecule has 0 saturated heterocycles. The van der Waals surface area contributed by atoms with Gasteiger partial charge in [0, 0.05) is 36.1 Å². The zero-order valence-electron chi connectivity index (χ0n) is 15.2. The van der Waals surface area contributed by atoms with Gasteiger partial charge in [0.15, 0.2) is 9.84 Å². The van der Waals surface area contributed by atoms with Crippen molar-refractivity contribution in [2.45, 2.75) is 50.8 Å². The third-order valence-electron chi connectivity index (χ3n) is 4.42. The smallest absolute Gasteiger partial charge is 0.226 e. The molecule has 0 fully saturated rings. The Morgan fingerprint density at radius 2 is 2.00 bits per heavy atom. The van der Waals surface area contributed by atoms with Crippen LogP contribution in [-0.4, -0.2) is 39.1 Å². The van der Waals surface area contributed by atoms with Crippen molar-refractivity contribution in [3.05, 3.63) is 22.2 Å². The summed E-state index contributed by atoms with van der Waals surface area (Å²) in [6.45, 7) is 4.94. The lowest BCUT2D eigenvalue weighted by Crippen LogP contribution is -2.28. The van der Waals surface area contributed by atoms with Gasteiger partial charge in [-0.3, -0.25) is 9.59 Å². The van der Waals surface area contributed by atoms with Gasteiger partial charge in [0.25, 0.3) is 0 Å². The predicted octanol–water partition coefficient (Wildman–Crippen LogP) is 2.83. The van der Waals surface area contributed by atoms with E-state index >= 15 is 0 Å². The normalized spacial score (nSPS) is 13.6. The van der Waals surface area contributed by atoms with Gasteiger partial charge >= 0.3 is 0 Å².